The first-order valence-electron chi connectivity index (χ1n) is 12.3. The predicted octanol–water partition coefficient (Wildman–Crippen LogP) is 5.66. The van der Waals surface area contributed by atoms with E-state index in [0.717, 1.165) is 5.56 Å². The Bertz CT molecular complexity index is 1570. The van der Waals surface area contributed by atoms with Crippen molar-refractivity contribution in [3.8, 4) is 39.9 Å². The second kappa shape index (κ2) is 10.1. The number of esters is 1. The molecule has 1 N–H and O–H groups in total. The van der Waals surface area contributed by atoms with E-state index in [4.69, 9.17) is 23.4 Å². The van der Waals surface area contributed by atoms with Crippen LogP contribution < -0.4 is 24.4 Å². The molecule has 8 heteroatoms. The van der Waals surface area contributed by atoms with Gasteiger partial charge in [-0.25, -0.2) is 0 Å². The molecular weight excluding hydrogens is 488 g/mol. The number of methoxy groups -OCH3 is 2. The maximum atomic E-state index is 13.6. The van der Waals surface area contributed by atoms with Crippen LogP contribution in [0.5, 0.6) is 28.7 Å². The lowest BCUT2D eigenvalue weighted by Crippen LogP contribution is -2.22. The second-order valence-corrected chi connectivity index (χ2v) is 9.56. The molecule has 2 heterocycles. The molecule has 0 fully saturated rings. The summed E-state index contributed by atoms with van der Waals surface area (Å²) in [5, 5.41) is 10.8. The van der Waals surface area contributed by atoms with Gasteiger partial charge in [-0.1, -0.05) is 32.0 Å². The molecule has 0 saturated carbocycles. The molecule has 8 nitrogen and oxygen atoms in total. The number of benzene rings is 3. The molecule has 1 aliphatic heterocycles. The van der Waals surface area contributed by atoms with Crippen molar-refractivity contribution in [3.05, 3.63) is 76.1 Å². The van der Waals surface area contributed by atoms with E-state index >= 15 is 0 Å². The van der Waals surface area contributed by atoms with Gasteiger partial charge in [0.25, 0.3) is 0 Å². The van der Waals surface area contributed by atoms with E-state index < -0.39 is 17.3 Å². The Morgan fingerprint density at radius 1 is 1.00 bits per heavy atom. The molecule has 1 aliphatic rings. The molecule has 38 heavy (non-hydrogen) atoms. The first-order chi connectivity index (χ1) is 18.3. The van der Waals surface area contributed by atoms with Crippen molar-refractivity contribution >= 4 is 16.9 Å². The van der Waals surface area contributed by atoms with E-state index in [1.807, 2.05) is 12.1 Å². The molecule has 0 bridgehead atoms. The van der Waals surface area contributed by atoms with E-state index in [-0.39, 0.29) is 34.5 Å². The predicted molar refractivity (Wildman–Crippen MR) is 142 cm³/mol. The minimum Gasteiger partial charge on any atom is -0.507 e. The number of phenols is 1. The number of hydrogen-bond donors (Lipinski definition) is 1. The fraction of sp³-hybridized carbons (Fsp3) is 0.267. The molecule has 196 valence electrons. The third-order valence-corrected chi connectivity index (χ3v) is 6.53. The average Bonchev–Trinajstić information content (AvgIpc) is 2.91. The molecule has 3 aromatic carbocycles. The molecule has 1 aromatic heterocycles. The number of carbonyl (C=O) groups excluding carboxylic acids is 1. The van der Waals surface area contributed by atoms with E-state index in [9.17, 15) is 14.7 Å². The summed E-state index contributed by atoms with van der Waals surface area (Å²) in [5.74, 6) is 0.961. The summed E-state index contributed by atoms with van der Waals surface area (Å²) in [6.45, 7) is 4.64. The van der Waals surface area contributed by atoms with Crippen LogP contribution in [0.25, 0.3) is 22.1 Å². The van der Waals surface area contributed by atoms with Gasteiger partial charge >= 0.3 is 5.97 Å². The molecule has 4 aromatic rings. The first kappa shape index (κ1) is 25.2. The molecule has 0 spiro atoms. The smallest absolute Gasteiger partial charge is 0.312 e. The quantitative estimate of drug-likeness (QED) is 0.248. The third-order valence-electron chi connectivity index (χ3n) is 6.53. The minimum atomic E-state index is -0.502. The molecule has 0 radical (unpaired) electrons. The zero-order chi connectivity index (χ0) is 27.0. The molecule has 0 amide bonds. The van der Waals surface area contributed by atoms with Crippen molar-refractivity contribution in [2.45, 2.75) is 26.2 Å². The normalized spacial score (nSPS) is 14.8. The molecule has 1 atom stereocenters. The van der Waals surface area contributed by atoms with Gasteiger partial charge in [-0.3, -0.25) is 9.59 Å². The van der Waals surface area contributed by atoms with Gasteiger partial charge in [-0.15, -0.1) is 0 Å². The summed E-state index contributed by atoms with van der Waals surface area (Å²) < 4.78 is 28.1. The van der Waals surface area contributed by atoms with Crippen LogP contribution in [0.2, 0.25) is 0 Å². The zero-order valence-corrected chi connectivity index (χ0v) is 21.6. The van der Waals surface area contributed by atoms with E-state index in [2.05, 4.69) is 13.8 Å². The van der Waals surface area contributed by atoms with Crippen LogP contribution in [-0.4, -0.2) is 31.9 Å². The fourth-order valence-electron chi connectivity index (χ4n) is 4.66. The Hall–Kier alpha value is -4.46. The summed E-state index contributed by atoms with van der Waals surface area (Å²) in [6.07, 6.45) is 1.38. The highest BCUT2D eigenvalue weighted by Gasteiger charge is 2.34. The number of fused-ring (bicyclic) bond motifs is 3. The van der Waals surface area contributed by atoms with E-state index in [1.165, 1.54) is 12.3 Å². The summed E-state index contributed by atoms with van der Waals surface area (Å²) >= 11 is 0. The van der Waals surface area contributed by atoms with Crippen LogP contribution in [0.15, 0.2) is 64.0 Å². The van der Waals surface area contributed by atoms with Crippen molar-refractivity contribution in [2.75, 3.05) is 20.8 Å². The standard InChI is InChI=1S/C30H28O8/c1-16(2)14-36-23-10-7-18(11-24(23)35-4)20-12-26(32)38-25-13-22(31)28-29(33)21(15-37-30(28)27(20)25)17-5-8-19(34-3)9-6-17/h5-11,13,15-16,20,31H,12,14H2,1-4H3. The summed E-state index contributed by atoms with van der Waals surface area (Å²) in [5.41, 5.74) is 1.93. The summed E-state index contributed by atoms with van der Waals surface area (Å²) in [7, 11) is 3.11. The van der Waals surface area contributed by atoms with Crippen molar-refractivity contribution < 1.29 is 33.3 Å². The van der Waals surface area contributed by atoms with Gasteiger partial charge in [0.1, 0.15) is 34.5 Å². The zero-order valence-electron chi connectivity index (χ0n) is 21.6. The number of phenolic OH excluding ortho intramolecular Hbond substituents is 1. The highest BCUT2D eigenvalue weighted by molar-refractivity contribution is 5.94. The lowest BCUT2D eigenvalue weighted by molar-refractivity contribution is -0.135. The van der Waals surface area contributed by atoms with Crippen LogP contribution in [0.3, 0.4) is 0 Å². The van der Waals surface area contributed by atoms with Crippen molar-refractivity contribution in [1.29, 1.82) is 0 Å². The number of rotatable bonds is 7. The monoisotopic (exact) mass is 516 g/mol. The Labute approximate surface area is 219 Å². The average molecular weight is 517 g/mol. The molecule has 0 aliphatic carbocycles. The molecular formula is C30H28O8. The number of ether oxygens (including phenoxy) is 4. The Morgan fingerprint density at radius 3 is 2.45 bits per heavy atom. The van der Waals surface area contributed by atoms with Gasteiger partial charge in [0.2, 0.25) is 5.43 Å². The third kappa shape index (κ3) is 4.53. The van der Waals surface area contributed by atoms with E-state index in [0.29, 0.717) is 40.9 Å². The van der Waals surface area contributed by atoms with Crippen LogP contribution in [0.4, 0.5) is 0 Å². The van der Waals surface area contributed by atoms with Gasteiger partial charge in [-0.05, 0) is 41.3 Å². The Kier molecular flexibility index (Phi) is 6.72. The highest BCUT2D eigenvalue weighted by atomic mass is 16.5. The molecule has 0 saturated heterocycles. The minimum absolute atomic E-state index is 0.0175. The number of aromatic hydroxyl groups is 1. The highest BCUT2D eigenvalue weighted by Crippen LogP contribution is 2.46. The van der Waals surface area contributed by atoms with Gasteiger partial charge < -0.3 is 28.5 Å². The largest absolute Gasteiger partial charge is 0.507 e. The fourth-order valence-corrected chi connectivity index (χ4v) is 4.66. The summed E-state index contributed by atoms with van der Waals surface area (Å²) in [4.78, 5) is 26.1. The maximum Gasteiger partial charge on any atom is 0.312 e. The Balaban J connectivity index is 1.65. The SMILES string of the molecule is COc1ccc(-c2coc3c4c(cc(O)c3c2=O)OC(=O)CC4c2ccc(OCC(C)C)c(OC)c2)cc1. The van der Waals surface area contributed by atoms with Crippen LogP contribution in [0.1, 0.15) is 37.3 Å². The molecule has 5 rings (SSSR count). The topological polar surface area (TPSA) is 104 Å². The van der Waals surface area contributed by atoms with Gasteiger partial charge in [-0.2, -0.15) is 0 Å². The van der Waals surface area contributed by atoms with Crippen molar-refractivity contribution in [2.24, 2.45) is 5.92 Å². The first-order valence-corrected chi connectivity index (χ1v) is 12.3. The lowest BCUT2D eigenvalue weighted by atomic mass is 9.84. The second-order valence-electron chi connectivity index (χ2n) is 9.56. The van der Waals surface area contributed by atoms with Crippen LogP contribution in [-0.2, 0) is 4.79 Å². The molecule has 1 unspecified atom stereocenters. The maximum absolute atomic E-state index is 13.6. The Morgan fingerprint density at radius 2 is 1.76 bits per heavy atom. The number of carbonyl (C=O) groups is 1. The van der Waals surface area contributed by atoms with Gasteiger partial charge in [0.05, 0.1) is 32.8 Å². The van der Waals surface area contributed by atoms with Crippen molar-refractivity contribution in [1.82, 2.24) is 0 Å². The van der Waals surface area contributed by atoms with Crippen LogP contribution in [0, 0.1) is 5.92 Å². The van der Waals surface area contributed by atoms with E-state index in [1.54, 1.807) is 44.6 Å². The lowest BCUT2D eigenvalue weighted by Gasteiger charge is -2.26. The van der Waals surface area contributed by atoms with Crippen LogP contribution >= 0.6 is 0 Å². The van der Waals surface area contributed by atoms with Gasteiger partial charge in [0, 0.05) is 17.5 Å². The number of hydrogen-bond acceptors (Lipinski definition) is 8. The summed E-state index contributed by atoms with van der Waals surface area (Å²) in [6, 6.07) is 13.7. The van der Waals surface area contributed by atoms with Gasteiger partial charge in [0.15, 0.2) is 11.5 Å². The van der Waals surface area contributed by atoms with Crippen molar-refractivity contribution in [3.63, 3.8) is 0 Å².